The first-order valence-corrected chi connectivity index (χ1v) is 6.78. The normalized spacial score (nSPS) is 11.6. The predicted molar refractivity (Wildman–Crippen MR) is 80.1 cm³/mol. The lowest BCUT2D eigenvalue weighted by molar-refractivity contribution is 0.0786. The highest BCUT2D eigenvalue weighted by molar-refractivity contribution is 9.10. The second kappa shape index (κ2) is 4.94. The first kappa shape index (κ1) is 14.0. The Balaban J connectivity index is 2.60. The van der Waals surface area contributed by atoms with E-state index >= 15 is 0 Å². The fraction of sp³-hybridized carbons (Fsp3) is 0.267. The van der Waals surface area contributed by atoms with Gasteiger partial charge in [0.1, 0.15) is 0 Å². The number of pyridine rings is 1. The molecule has 0 aliphatic carbocycles. The molecule has 0 aliphatic rings. The van der Waals surface area contributed by atoms with Gasteiger partial charge in [-0.3, -0.25) is 4.79 Å². The topological polar surface area (TPSA) is 42.2 Å². The SMILES string of the molecule is Cn1cc(-c2cccc(C(C)(C)O)c2)c(Br)cc1=O. The van der Waals surface area contributed by atoms with Gasteiger partial charge < -0.3 is 9.67 Å². The lowest BCUT2D eigenvalue weighted by Crippen LogP contribution is -2.16. The third-order valence-corrected chi connectivity index (χ3v) is 3.71. The van der Waals surface area contributed by atoms with Gasteiger partial charge in [-0.05, 0) is 47.0 Å². The summed E-state index contributed by atoms with van der Waals surface area (Å²) in [6.07, 6.45) is 1.79. The summed E-state index contributed by atoms with van der Waals surface area (Å²) >= 11 is 3.42. The molecule has 0 aliphatic heterocycles. The molecule has 100 valence electrons. The monoisotopic (exact) mass is 321 g/mol. The minimum Gasteiger partial charge on any atom is -0.386 e. The largest absolute Gasteiger partial charge is 0.386 e. The van der Waals surface area contributed by atoms with Crippen molar-refractivity contribution in [3.05, 3.63) is 56.9 Å². The van der Waals surface area contributed by atoms with Crippen molar-refractivity contribution in [2.75, 3.05) is 0 Å². The molecule has 0 spiro atoms. The van der Waals surface area contributed by atoms with Crippen LogP contribution >= 0.6 is 15.9 Å². The number of aryl methyl sites for hydroxylation is 1. The molecule has 0 amide bonds. The molecular formula is C15H16BrNO2. The molecule has 0 saturated heterocycles. The molecule has 0 unspecified atom stereocenters. The lowest BCUT2D eigenvalue weighted by Gasteiger charge is -2.19. The molecule has 2 aromatic rings. The van der Waals surface area contributed by atoms with Crippen LogP contribution in [0.2, 0.25) is 0 Å². The van der Waals surface area contributed by atoms with E-state index in [4.69, 9.17) is 0 Å². The molecule has 4 heteroatoms. The maximum absolute atomic E-state index is 11.5. The molecule has 2 rings (SSSR count). The Morgan fingerprint density at radius 2 is 1.95 bits per heavy atom. The summed E-state index contributed by atoms with van der Waals surface area (Å²) < 4.78 is 2.29. The molecule has 0 saturated carbocycles. The Bertz CT molecular complexity index is 669. The van der Waals surface area contributed by atoms with E-state index in [9.17, 15) is 9.90 Å². The number of aliphatic hydroxyl groups is 1. The van der Waals surface area contributed by atoms with Gasteiger partial charge >= 0.3 is 0 Å². The maximum Gasteiger partial charge on any atom is 0.251 e. The fourth-order valence-corrected chi connectivity index (χ4v) is 2.41. The van der Waals surface area contributed by atoms with Crippen LogP contribution in [0, 0.1) is 0 Å². The summed E-state index contributed by atoms with van der Waals surface area (Å²) in [5.74, 6) is 0. The molecule has 0 fully saturated rings. The van der Waals surface area contributed by atoms with Crippen LogP contribution < -0.4 is 5.56 Å². The number of aromatic nitrogens is 1. The summed E-state index contributed by atoms with van der Waals surface area (Å²) in [7, 11) is 1.72. The van der Waals surface area contributed by atoms with Crippen LogP contribution in [0.3, 0.4) is 0 Å². The fourth-order valence-electron chi connectivity index (χ4n) is 1.89. The number of rotatable bonds is 2. The van der Waals surface area contributed by atoms with Crippen molar-refractivity contribution >= 4 is 15.9 Å². The van der Waals surface area contributed by atoms with Crippen LogP contribution in [-0.2, 0) is 12.6 Å². The van der Waals surface area contributed by atoms with Crippen LogP contribution in [0.1, 0.15) is 19.4 Å². The van der Waals surface area contributed by atoms with E-state index in [0.29, 0.717) is 0 Å². The van der Waals surface area contributed by atoms with Gasteiger partial charge in [-0.25, -0.2) is 0 Å². The molecule has 0 atom stereocenters. The molecule has 1 heterocycles. The van der Waals surface area contributed by atoms with Gasteiger partial charge in [0.05, 0.1) is 5.60 Å². The van der Waals surface area contributed by atoms with Crippen molar-refractivity contribution in [1.29, 1.82) is 0 Å². The Labute approximate surface area is 120 Å². The standard InChI is InChI=1S/C15H16BrNO2/c1-15(2,19)11-6-4-5-10(7-11)12-9-17(3)14(18)8-13(12)16/h4-9,19H,1-3H3. The zero-order valence-corrected chi connectivity index (χ0v) is 12.7. The number of hydrogen-bond acceptors (Lipinski definition) is 2. The molecule has 0 bridgehead atoms. The van der Waals surface area contributed by atoms with Gasteiger partial charge in [-0.2, -0.15) is 0 Å². The number of benzene rings is 1. The van der Waals surface area contributed by atoms with Crippen molar-refractivity contribution in [1.82, 2.24) is 4.57 Å². The van der Waals surface area contributed by atoms with E-state index in [1.54, 1.807) is 33.2 Å². The van der Waals surface area contributed by atoms with E-state index in [-0.39, 0.29) is 5.56 Å². The van der Waals surface area contributed by atoms with Gasteiger partial charge in [0.2, 0.25) is 0 Å². The van der Waals surface area contributed by atoms with Gasteiger partial charge in [-0.15, -0.1) is 0 Å². The summed E-state index contributed by atoms with van der Waals surface area (Å²) in [6, 6.07) is 9.23. The third-order valence-electron chi connectivity index (χ3n) is 3.06. The van der Waals surface area contributed by atoms with Gasteiger partial charge in [0.25, 0.3) is 5.56 Å². The molecule has 3 nitrogen and oxygen atoms in total. The highest BCUT2D eigenvalue weighted by atomic mass is 79.9. The van der Waals surface area contributed by atoms with E-state index in [0.717, 1.165) is 21.2 Å². The van der Waals surface area contributed by atoms with Crippen molar-refractivity contribution in [3.8, 4) is 11.1 Å². The zero-order valence-electron chi connectivity index (χ0n) is 11.1. The van der Waals surface area contributed by atoms with Crippen LogP contribution in [-0.4, -0.2) is 9.67 Å². The van der Waals surface area contributed by atoms with Gasteiger partial charge in [0.15, 0.2) is 0 Å². The van der Waals surface area contributed by atoms with E-state index in [1.807, 2.05) is 24.3 Å². The van der Waals surface area contributed by atoms with Crippen LogP contribution in [0.15, 0.2) is 45.8 Å². The summed E-state index contributed by atoms with van der Waals surface area (Å²) in [5.41, 5.74) is 1.78. The molecule has 0 radical (unpaired) electrons. The van der Waals surface area contributed by atoms with E-state index in [1.165, 1.54) is 4.57 Å². The highest BCUT2D eigenvalue weighted by Gasteiger charge is 2.16. The van der Waals surface area contributed by atoms with Gasteiger partial charge in [0, 0.05) is 29.3 Å². The predicted octanol–water partition coefficient (Wildman–Crippen LogP) is 3.04. The molecule has 1 N–H and O–H groups in total. The maximum atomic E-state index is 11.5. The molecular weight excluding hydrogens is 306 g/mol. The van der Waals surface area contributed by atoms with Crippen LogP contribution in [0.25, 0.3) is 11.1 Å². The van der Waals surface area contributed by atoms with E-state index in [2.05, 4.69) is 15.9 Å². The van der Waals surface area contributed by atoms with E-state index < -0.39 is 5.60 Å². The summed E-state index contributed by atoms with van der Waals surface area (Å²) in [6.45, 7) is 3.50. The van der Waals surface area contributed by atoms with Crippen molar-refractivity contribution in [3.63, 3.8) is 0 Å². The van der Waals surface area contributed by atoms with Crippen LogP contribution in [0.5, 0.6) is 0 Å². The molecule has 1 aromatic carbocycles. The lowest BCUT2D eigenvalue weighted by atomic mass is 9.95. The minimum absolute atomic E-state index is 0.0609. The Morgan fingerprint density at radius 3 is 2.58 bits per heavy atom. The van der Waals surface area contributed by atoms with Crippen molar-refractivity contribution in [2.24, 2.45) is 7.05 Å². The Kier molecular flexibility index (Phi) is 3.65. The second-order valence-corrected chi connectivity index (χ2v) is 5.98. The second-order valence-electron chi connectivity index (χ2n) is 5.12. The highest BCUT2D eigenvalue weighted by Crippen LogP contribution is 2.30. The Morgan fingerprint density at radius 1 is 1.26 bits per heavy atom. The first-order valence-electron chi connectivity index (χ1n) is 5.98. The summed E-state index contributed by atoms with van der Waals surface area (Å²) in [5, 5.41) is 10.1. The van der Waals surface area contributed by atoms with Crippen LogP contribution in [0.4, 0.5) is 0 Å². The average Bonchev–Trinajstić information content (AvgIpc) is 2.33. The van der Waals surface area contributed by atoms with Gasteiger partial charge in [-0.1, -0.05) is 18.2 Å². The summed E-state index contributed by atoms with van der Waals surface area (Å²) in [4.78, 5) is 11.5. The van der Waals surface area contributed by atoms with Crippen molar-refractivity contribution in [2.45, 2.75) is 19.4 Å². The minimum atomic E-state index is -0.886. The number of hydrogen-bond donors (Lipinski definition) is 1. The Hall–Kier alpha value is -1.39. The smallest absolute Gasteiger partial charge is 0.251 e. The number of nitrogens with zero attached hydrogens (tertiary/aromatic N) is 1. The molecule has 1 aromatic heterocycles. The van der Waals surface area contributed by atoms with Crippen molar-refractivity contribution < 1.29 is 5.11 Å². The average molecular weight is 322 g/mol. The molecule has 19 heavy (non-hydrogen) atoms. The quantitative estimate of drug-likeness (QED) is 0.923. The zero-order chi connectivity index (χ0) is 14.2. The first-order chi connectivity index (χ1) is 8.79. The number of halogens is 1. The third kappa shape index (κ3) is 2.96.